The lowest BCUT2D eigenvalue weighted by molar-refractivity contribution is 0.0378. The molecule has 0 unspecified atom stereocenters. The third kappa shape index (κ3) is 4.23. The van der Waals surface area contributed by atoms with Crippen molar-refractivity contribution in [3.05, 3.63) is 70.8 Å². The van der Waals surface area contributed by atoms with Crippen molar-refractivity contribution in [3.63, 3.8) is 0 Å². The van der Waals surface area contributed by atoms with Crippen molar-refractivity contribution in [2.24, 2.45) is 0 Å². The Morgan fingerprint density at radius 3 is 2.48 bits per heavy atom. The predicted octanol–water partition coefficient (Wildman–Crippen LogP) is 6.32. The molecule has 7 heteroatoms. The fourth-order valence-corrected chi connectivity index (χ4v) is 3.96. The molecule has 0 bridgehead atoms. The summed E-state index contributed by atoms with van der Waals surface area (Å²) in [6, 6.07) is 14.8. The number of carbonyl (C=O) groups is 1. The molecule has 0 radical (unpaired) electrons. The van der Waals surface area contributed by atoms with E-state index in [4.69, 9.17) is 16.3 Å². The number of carbonyl (C=O) groups excluding carboxylic acids is 1. The Labute approximate surface area is 177 Å². The summed E-state index contributed by atoms with van der Waals surface area (Å²) in [4.78, 5) is 21.7. The van der Waals surface area contributed by atoms with Crippen molar-refractivity contribution < 1.29 is 9.53 Å². The van der Waals surface area contributed by atoms with Gasteiger partial charge in [0.1, 0.15) is 17.0 Å². The molecule has 0 aliphatic heterocycles. The minimum Gasteiger partial charge on any atom is -0.459 e. The first-order chi connectivity index (χ1) is 14.0. The highest BCUT2D eigenvalue weighted by molar-refractivity contribution is 7.17. The van der Waals surface area contributed by atoms with E-state index in [1.165, 1.54) is 0 Å². The summed E-state index contributed by atoms with van der Waals surface area (Å²) >= 11 is 7.59. The molecular formula is C22H18ClN3O2S. The van der Waals surface area contributed by atoms with Crippen LogP contribution in [0.2, 0.25) is 5.02 Å². The van der Waals surface area contributed by atoms with Crippen LogP contribution in [0.4, 0.5) is 11.5 Å². The van der Waals surface area contributed by atoms with Gasteiger partial charge in [-0.2, -0.15) is 0 Å². The van der Waals surface area contributed by atoms with Gasteiger partial charge in [0.2, 0.25) is 0 Å². The van der Waals surface area contributed by atoms with Gasteiger partial charge in [0, 0.05) is 21.7 Å². The summed E-state index contributed by atoms with van der Waals surface area (Å²) in [7, 11) is 0. The number of rotatable bonds is 5. The van der Waals surface area contributed by atoms with Crippen molar-refractivity contribution in [2.45, 2.75) is 20.0 Å². The van der Waals surface area contributed by atoms with E-state index in [2.05, 4.69) is 20.7 Å². The summed E-state index contributed by atoms with van der Waals surface area (Å²) in [5, 5.41) is 7.05. The Kier molecular flexibility index (Phi) is 5.47. The van der Waals surface area contributed by atoms with Gasteiger partial charge in [-0.05, 0) is 55.8 Å². The second-order valence-electron chi connectivity index (χ2n) is 6.72. The van der Waals surface area contributed by atoms with Gasteiger partial charge >= 0.3 is 5.97 Å². The Morgan fingerprint density at radius 2 is 1.79 bits per heavy atom. The minimum absolute atomic E-state index is 0.153. The van der Waals surface area contributed by atoms with E-state index in [1.807, 2.05) is 50.2 Å². The van der Waals surface area contributed by atoms with Crippen LogP contribution in [-0.2, 0) is 4.74 Å². The molecule has 0 aliphatic rings. The molecule has 1 N–H and O–H groups in total. The van der Waals surface area contributed by atoms with Gasteiger partial charge in [-0.3, -0.25) is 0 Å². The van der Waals surface area contributed by atoms with E-state index < -0.39 is 0 Å². The molecule has 2 aromatic heterocycles. The molecule has 2 heterocycles. The van der Waals surface area contributed by atoms with Crippen molar-refractivity contribution in [1.29, 1.82) is 0 Å². The normalized spacial score (nSPS) is 11.0. The van der Waals surface area contributed by atoms with Gasteiger partial charge in [-0.15, -0.1) is 11.3 Å². The van der Waals surface area contributed by atoms with Gasteiger partial charge in [-0.25, -0.2) is 14.8 Å². The van der Waals surface area contributed by atoms with E-state index >= 15 is 0 Å². The molecule has 29 heavy (non-hydrogen) atoms. The maximum Gasteiger partial charge on any atom is 0.338 e. The zero-order valence-electron chi connectivity index (χ0n) is 15.8. The van der Waals surface area contributed by atoms with Crippen LogP contribution in [0.3, 0.4) is 0 Å². The van der Waals surface area contributed by atoms with Crippen LogP contribution in [0.1, 0.15) is 24.2 Å². The summed E-state index contributed by atoms with van der Waals surface area (Å²) in [6.45, 7) is 3.65. The predicted molar refractivity (Wildman–Crippen MR) is 118 cm³/mol. The summed E-state index contributed by atoms with van der Waals surface area (Å²) in [5.74, 6) is 0.373. The Bertz CT molecular complexity index is 1160. The van der Waals surface area contributed by atoms with E-state index in [0.717, 1.165) is 27.0 Å². The molecule has 4 aromatic rings. The first-order valence-electron chi connectivity index (χ1n) is 9.07. The highest BCUT2D eigenvalue weighted by Crippen LogP contribution is 2.37. The zero-order valence-corrected chi connectivity index (χ0v) is 17.4. The highest BCUT2D eigenvalue weighted by Gasteiger charge is 2.14. The first-order valence-corrected chi connectivity index (χ1v) is 10.3. The van der Waals surface area contributed by atoms with Gasteiger partial charge in [0.15, 0.2) is 0 Å². The molecule has 0 aliphatic carbocycles. The number of benzene rings is 2. The maximum atomic E-state index is 12.0. The molecule has 0 saturated heterocycles. The van der Waals surface area contributed by atoms with Crippen LogP contribution < -0.4 is 5.32 Å². The van der Waals surface area contributed by atoms with Crippen molar-refractivity contribution in [3.8, 4) is 11.1 Å². The number of nitrogens with one attached hydrogen (secondary N) is 1. The van der Waals surface area contributed by atoms with Crippen LogP contribution in [0.5, 0.6) is 0 Å². The number of ether oxygens (including phenoxy) is 1. The summed E-state index contributed by atoms with van der Waals surface area (Å²) in [6.07, 6.45) is 1.39. The fraction of sp³-hybridized carbons (Fsp3) is 0.136. The monoisotopic (exact) mass is 423 g/mol. The summed E-state index contributed by atoms with van der Waals surface area (Å²) < 4.78 is 5.23. The largest absolute Gasteiger partial charge is 0.459 e. The van der Waals surface area contributed by atoms with Crippen LogP contribution in [0.15, 0.2) is 60.2 Å². The van der Waals surface area contributed by atoms with E-state index in [-0.39, 0.29) is 12.1 Å². The average molecular weight is 424 g/mol. The van der Waals surface area contributed by atoms with Crippen molar-refractivity contribution >= 4 is 50.6 Å². The van der Waals surface area contributed by atoms with Gasteiger partial charge < -0.3 is 10.1 Å². The molecule has 0 amide bonds. The molecule has 5 nitrogen and oxygen atoms in total. The molecular weight excluding hydrogens is 406 g/mol. The zero-order chi connectivity index (χ0) is 20.4. The number of hydrogen-bond acceptors (Lipinski definition) is 6. The molecule has 0 atom stereocenters. The number of anilines is 2. The first kappa shape index (κ1) is 19.4. The van der Waals surface area contributed by atoms with Crippen LogP contribution in [0, 0.1) is 0 Å². The third-order valence-corrected chi connectivity index (χ3v) is 5.39. The summed E-state index contributed by atoms with van der Waals surface area (Å²) in [5.41, 5.74) is 3.42. The number of halogens is 1. The second kappa shape index (κ2) is 8.19. The fourth-order valence-electron chi connectivity index (χ4n) is 2.92. The van der Waals surface area contributed by atoms with Crippen molar-refractivity contribution in [1.82, 2.24) is 9.97 Å². The van der Waals surface area contributed by atoms with Gasteiger partial charge in [0.05, 0.1) is 17.1 Å². The number of fused-ring (bicyclic) bond motifs is 1. The van der Waals surface area contributed by atoms with E-state index in [0.29, 0.717) is 16.4 Å². The number of aromatic nitrogens is 2. The number of esters is 1. The van der Waals surface area contributed by atoms with Crippen LogP contribution in [-0.4, -0.2) is 22.0 Å². The molecule has 0 fully saturated rings. The highest BCUT2D eigenvalue weighted by atomic mass is 35.5. The number of nitrogens with zero attached hydrogens (tertiary/aromatic N) is 2. The molecule has 0 saturated carbocycles. The SMILES string of the molecule is CC(C)OC(=O)c1ccc(Nc2ncnc3scc(-c4ccc(Cl)cc4)c23)cc1. The number of hydrogen-bond donors (Lipinski definition) is 1. The third-order valence-electron chi connectivity index (χ3n) is 4.25. The maximum absolute atomic E-state index is 12.0. The molecule has 2 aromatic carbocycles. The van der Waals surface area contributed by atoms with Gasteiger partial charge in [-0.1, -0.05) is 23.7 Å². The quantitative estimate of drug-likeness (QED) is 0.380. The Morgan fingerprint density at radius 1 is 1.07 bits per heavy atom. The number of thiophene rings is 1. The van der Waals surface area contributed by atoms with Gasteiger partial charge in [0.25, 0.3) is 0 Å². The average Bonchev–Trinajstić information content (AvgIpc) is 3.14. The topological polar surface area (TPSA) is 64.1 Å². The standard InChI is InChI=1S/C22H18ClN3O2S/c1-13(2)28-22(27)15-5-9-17(10-6-15)26-20-19-18(11-29-21(19)25-12-24-20)14-3-7-16(23)8-4-14/h3-13H,1-2H3,(H,24,25,26). The van der Waals surface area contributed by atoms with E-state index in [9.17, 15) is 4.79 Å². The Hall–Kier alpha value is -2.96. The van der Waals surface area contributed by atoms with Crippen molar-refractivity contribution in [2.75, 3.05) is 5.32 Å². The molecule has 0 spiro atoms. The lowest BCUT2D eigenvalue weighted by Crippen LogP contribution is -2.11. The minimum atomic E-state index is -0.334. The smallest absolute Gasteiger partial charge is 0.338 e. The Balaban J connectivity index is 1.65. The van der Waals surface area contributed by atoms with E-state index in [1.54, 1.807) is 29.8 Å². The molecule has 4 rings (SSSR count). The van der Waals surface area contributed by atoms with Crippen LogP contribution in [0.25, 0.3) is 21.3 Å². The van der Waals surface area contributed by atoms with Crippen LogP contribution >= 0.6 is 22.9 Å². The second-order valence-corrected chi connectivity index (χ2v) is 8.01. The molecule has 146 valence electrons. The lowest BCUT2D eigenvalue weighted by atomic mass is 10.1. The lowest BCUT2D eigenvalue weighted by Gasteiger charge is -2.10.